The van der Waals surface area contributed by atoms with Gasteiger partial charge in [-0.25, -0.2) is 4.79 Å². The maximum absolute atomic E-state index is 13.3. The third-order valence-corrected chi connectivity index (χ3v) is 7.06. The Morgan fingerprint density at radius 3 is 2.34 bits per heavy atom. The van der Waals surface area contributed by atoms with Crippen LogP contribution < -0.4 is 14.8 Å². The molecule has 0 spiro atoms. The third kappa shape index (κ3) is 8.52. The standard InChI is InChI=1S/C32H41N3O3/c1-3-37-30-19-15-29(16-20-30)33-32(36)35(23-9-22-34-21-8-7-10-26(34)2)24-27-13-17-31(18-14-27)38-25-28-11-5-4-6-12-28/h4-6,11-20,26H,3,7-10,21-25H2,1-2H3,(H,33,36). The lowest BCUT2D eigenvalue weighted by Crippen LogP contribution is -2.40. The molecule has 1 N–H and O–H groups in total. The normalized spacial score (nSPS) is 15.6. The van der Waals surface area contributed by atoms with Crippen LogP contribution in [0.3, 0.4) is 0 Å². The number of piperidine rings is 1. The molecule has 3 aromatic rings. The lowest BCUT2D eigenvalue weighted by Gasteiger charge is -2.34. The van der Waals surface area contributed by atoms with Crippen LogP contribution in [0.15, 0.2) is 78.9 Å². The lowest BCUT2D eigenvalue weighted by molar-refractivity contribution is 0.150. The first kappa shape index (κ1) is 27.5. The van der Waals surface area contributed by atoms with Gasteiger partial charge in [0.05, 0.1) is 6.61 Å². The summed E-state index contributed by atoms with van der Waals surface area (Å²) in [6.07, 6.45) is 4.80. The van der Waals surface area contributed by atoms with Gasteiger partial charge in [0.15, 0.2) is 0 Å². The minimum absolute atomic E-state index is 0.0924. The molecule has 0 bridgehead atoms. The number of carbonyl (C=O) groups excluding carboxylic acids is 1. The van der Waals surface area contributed by atoms with Gasteiger partial charge in [0.2, 0.25) is 0 Å². The van der Waals surface area contributed by atoms with Gasteiger partial charge < -0.3 is 24.6 Å². The highest BCUT2D eigenvalue weighted by molar-refractivity contribution is 5.89. The number of nitrogens with zero attached hydrogens (tertiary/aromatic N) is 2. The fourth-order valence-electron chi connectivity index (χ4n) is 4.86. The molecule has 38 heavy (non-hydrogen) atoms. The molecule has 1 aliphatic rings. The van der Waals surface area contributed by atoms with Crippen molar-refractivity contribution in [2.75, 3.05) is 31.6 Å². The van der Waals surface area contributed by atoms with Gasteiger partial charge in [0.25, 0.3) is 0 Å². The molecule has 0 saturated carbocycles. The maximum atomic E-state index is 13.3. The van der Waals surface area contributed by atoms with Crippen molar-refractivity contribution in [3.8, 4) is 11.5 Å². The van der Waals surface area contributed by atoms with Gasteiger partial charge in [-0.15, -0.1) is 0 Å². The second kappa shape index (κ2) is 14.4. The fraction of sp³-hybridized carbons (Fsp3) is 0.406. The number of likely N-dealkylation sites (tertiary alicyclic amines) is 1. The van der Waals surface area contributed by atoms with Gasteiger partial charge in [-0.05, 0) is 87.2 Å². The molecule has 1 fully saturated rings. The molecule has 3 aromatic carbocycles. The fourth-order valence-corrected chi connectivity index (χ4v) is 4.86. The first-order valence-electron chi connectivity index (χ1n) is 13.9. The first-order valence-corrected chi connectivity index (χ1v) is 13.9. The van der Waals surface area contributed by atoms with Crippen molar-refractivity contribution in [3.63, 3.8) is 0 Å². The molecule has 1 atom stereocenters. The van der Waals surface area contributed by atoms with Crippen LogP contribution in [0.2, 0.25) is 0 Å². The molecule has 0 aliphatic carbocycles. The molecular weight excluding hydrogens is 474 g/mol. The van der Waals surface area contributed by atoms with E-state index in [4.69, 9.17) is 9.47 Å². The number of nitrogens with one attached hydrogen (secondary N) is 1. The van der Waals surface area contributed by atoms with Gasteiger partial charge in [0, 0.05) is 31.4 Å². The molecule has 4 rings (SSSR count). The monoisotopic (exact) mass is 515 g/mol. The highest BCUT2D eigenvalue weighted by atomic mass is 16.5. The zero-order chi connectivity index (χ0) is 26.6. The van der Waals surface area contributed by atoms with Gasteiger partial charge in [-0.1, -0.05) is 48.9 Å². The van der Waals surface area contributed by atoms with Crippen molar-refractivity contribution in [2.45, 2.75) is 58.7 Å². The number of anilines is 1. The second-order valence-electron chi connectivity index (χ2n) is 9.96. The molecule has 0 aromatic heterocycles. The Hall–Kier alpha value is -3.51. The van der Waals surface area contributed by atoms with Gasteiger partial charge in [0.1, 0.15) is 18.1 Å². The second-order valence-corrected chi connectivity index (χ2v) is 9.96. The number of carbonyl (C=O) groups is 1. The molecule has 1 saturated heterocycles. The van der Waals surface area contributed by atoms with E-state index in [0.29, 0.717) is 32.3 Å². The summed E-state index contributed by atoms with van der Waals surface area (Å²) in [5.74, 6) is 1.62. The Balaban J connectivity index is 1.37. The van der Waals surface area contributed by atoms with Crippen molar-refractivity contribution in [1.82, 2.24) is 9.80 Å². The van der Waals surface area contributed by atoms with Gasteiger partial charge >= 0.3 is 6.03 Å². The highest BCUT2D eigenvalue weighted by Crippen LogP contribution is 2.20. The summed E-state index contributed by atoms with van der Waals surface area (Å²) in [7, 11) is 0. The zero-order valence-corrected chi connectivity index (χ0v) is 22.8. The minimum atomic E-state index is -0.0924. The number of urea groups is 1. The number of benzene rings is 3. The number of hydrogen-bond donors (Lipinski definition) is 1. The summed E-state index contributed by atoms with van der Waals surface area (Å²) in [6.45, 7) is 8.83. The van der Waals surface area contributed by atoms with Crippen LogP contribution in [0.25, 0.3) is 0 Å². The topological polar surface area (TPSA) is 54.0 Å². The Morgan fingerprint density at radius 2 is 1.63 bits per heavy atom. The van der Waals surface area contributed by atoms with Crippen molar-refractivity contribution >= 4 is 11.7 Å². The number of amides is 2. The predicted octanol–water partition coefficient (Wildman–Crippen LogP) is 6.96. The van der Waals surface area contributed by atoms with E-state index in [1.807, 2.05) is 78.6 Å². The largest absolute Gasteiger partial charge is 0.494 e. The Morgan fingerprint density at radius 1 is 0.921 bits per heavy atom. The van der Waals surface area contributed by atoms with E-state index in [2.05, 4.69) is 29.3 Å². The Bertz CT molecular complexity index is 1100. The number of rotatable bonds is 12. The minimum Gasteiger partial charge on any atom is -0.494 e. The van der Waals surface area contributed by atoms with Crippen molar-refractivity contribution in [2.24, 2.45) is 0 Å². The molecular formula is C32H41N3O3. The van der Waals surface area contributed by atoms with Crippen LogP contribution in [0.1, 0.15) is 50.7 Å². The van der Waals surface area contributed by atoms with E-state index < -0.39 is 0 Å². The quantitative estimate of drug-likeness (QED) is 0.283. The van der Waals surface area contributed by atoms with E-state index in [-0.39, 0.29) is 6.03 Å². The van der Waals surface area contributed by atoms with E-state index >= 15 is 0 Å². The summed E-state index contributed by atoms with van der Waals surface area (Å²) in [4.78, 5) is 17.8. The van der Waals surface area contributed by atoms with E-state index in [0.717, 1.165) is 47.8 Å². The molecule has 2 amide bonds. The molecule has 0 radical (unpaired) electrons. The van der Waals surface area contributed by atoms with Crippen molar-refractivity contribution < 1.29 is 14.3 Å². The van der Waals surface area contributed by atoms with Crippen LogP contribution >= 0.6 is 0 Å². The molecule has 202 valence electrons. The third-order valence-electron chi connectivity index (χ3n) is 7.06. The smallest absolute Gasteiger partial charge is 0.322 e. The summed E-state index contributed by atoms with van der Waals surface area (Å²) in [6, 6.07) is 26.3. The highest BCUT2D eigenvalue weighted by Gasteiger charge is 2.19. The molecule has 6 nitrogen and oxygen atoms in total. The predicted molar refractivity (Wildman–Crippen MR) is 154 cm³/mol. The van der Waals surface area contributed by atoms with E-state index in [1.54, 1.807) is 0 Å². The summed E-state index contributed by atoms with van der Waals surface area (Å²) < 4.78 is 11.5. The van der Waals surface area contributed by atoms with Crippen LogP contribution in [-0.4, -0.2) is 48.1 Å². The SMILES string of the molecule is CCOc1ccc(NC(=O)N(CCCN2CCCCC2C)Cc2ccc(OCc3ccccc3)cc2)cc1. The zero-order valence-electron chi connectivity index (χ0n) is 22.8. The maximum Gasteiger partial charge on any atom is 0.322 e. The molecule has 1 heterocycles. The molecule has 1 unspecified atom stereocenters. The van der Waals surface area contributed by atoms with Crippen LogP contribution in [0, 0.1) is 0 Å². The first-order chi connectivity index (χ1) is 18.6. The average molecular weight is 516 g/mol. The Labute approximate surface area is 227 Å². The summed E-state index contributed by atoms with van der Waals surface area (Å²) in [5.41, 5.74) is 2.97. The molecule has 6 heteroatoms. The van der Waals surface area contributed by atoms with E-state index in [9.17, 15) is 4.79 Å². The number of hydrogen-bond acceptors (Lipinski definition) is 4. The summed E-state index contributed by atoms with van der Waals surface area (Å²) in [5, 5.41) is 3.07. The van der Waals surface area contributed by atoms with Gasteiger partial charge in [-0.2, -0.15) is 0 Å². The van der Waals surface area contributed by atoms with Crippen LogP contribution in [0.5, 0.6) is 11.5 Å². The molecule has 1 aliphatic heterocycles. The Kier molecular flexibility index (Phi) is 10.5. The summed E-state index contributed by atoms with van der Waals surface area (Å²) >= 11 is 0. The van der Waals surface area contributed by atoms with Gasteiger partial charge in [-0.3, -0.25) is 0 Å². The number of ether oxygens (including phenoxy) is 2. The van der Waals surface area contributed by atoms with Crippen molar-refractivity contribution in [3.05, 3.63) is 90.0 Å². The average Bonchev–Trinajstić information content (AvgIpc) is 2.95. The van der Waals surface area contributed by atoms with E-state index in [1.165, 1.54) is 19.3 Å². The van der Waals surface area contributed by atoms with Crippen LogP contribution in [-0.2, 0) is 13.2 Å². The lowest BCUT2D eigenvalue weighted by atomic mass is 10.0. The van der Waals surface area contributed by atoms with Crippen LogP contribution in [0.4, 0.5) is 10.5 Å². The van der Waals surface area contributed by atoms with Crippen molar-refractivity contribution in [1.29, 1.82) is 0 Å².